The van der Waals surface area contributed by atoms with Crippen molar-refractivity contribution in [3.8, 4) is 6.07 Å². The summed E-state index contributed by atoms with van der Waals surface area (Å²) in [7, 11) is 1.73. The molecule has 7 heteroatoms. The normalized spacial score (nSPS) is 14.3. The highest BCUT2D eigenvalue weighted by Crippen LogP contribution is 2.34. The molecular weight excluding hydrogens is 358 g/mol. The number of rotatable bonds is 5. The Kier molecular flexibility index (Phi) is 6.09. The number of aliphatic imine (C=N–C) groups is 1. The molecular formula is C20H23N5OS. The van der Waals surface area contributed by atoms with E-state index in [-0.39, 0.29) is 5.91 Å². The number of nitrogen functional groups attached to an aromatic ring is 1. The second-order valence-corrected chi connectivity index (χ2v) is 7.52. The van der Waals surface area contributed by atoms with Gasteiger partial charge in [0.05, 0.1) is 23.7 Å². The Balaban J connectivity index is 1.76. The molecule has 140 valence electrons. The van der Waals surface area contributed by atoms with Crippen molar-refractivity contribution in [2.24, 2.45) is 4.99 Å². The van der Waals surface area contributed by atoms with Crippen LogP contribution in [0.1, 0.15) is 40.1 Å². The smallest absolute Gasteiger partial charge is 0.266 e. The number of carbonyl (C=O) groups is 1. The molecule has 0 atom stereocenters. The van der Waals surface area contributed by atoms with Crippen molar-refractivity contribution in [1.29, 1.82) is 5.26 Å². The van der Waals surface area contributed by atoms with Crippen LogP contribution in [0, 0.1) is 11.3 Å². The minimum Gasteiger partial charge on any atom is -0.396 e. The summed E-state index contributed by atoms with van der Waals surface area (Å²) in [5, 5.41) is 11.0. The van der Waals surface area contributed by atoms with Crippen LogP contribution in [0.15, 0.2) is 34.6 Å². The average molecular weight is 382 g/mol. The van der Waals surface area contributed by atoms with Gasteiger partial charge in [-0.15, -0.1) is 11.3 Å². The fourth-order valence-electron chi connectivity index (χ4n) is 3.09. The molecule has 1 saturated heterocycles. The van der Waals surface area contributed by atoms with Crippen molar-refractivity contribution >= 4 is 35.0 Å². The van der Waals surface area contributed by atoms with E-state index in [2.05, 4.69) is 16.0 Å². The molecule has 0 radical (unpaired) electrons. The molecule has 6 nitrogen and oxygen atoms in total. The largest absolute Gasteiger partial charge is 0.396 e. The van der Waals surface area contributed by atoms with E-state index in [1.807, 2.05) is 18.2 Å². The number of hydrogen-bond acceptors (Lipinski definition) is 5. The maximum atomic E-state index is 12.9. The number of nitrogens with two attached hydrogens (primary N) is 1. The third-order valence-corrected chi connectivity index (χ3v) is 5.59. The molecule has 2 N–H and O–H groups in total. The lowest BCUT2D eigenvalue weighted by Crippen LogP contribution is -2.28. The zero-order valence-corrected chi connectivity index (χ0v) is 16.2. The SMILES string of the molecule is CN(Cc1ccccc1C#N)C(=O)c1scc(N)c1N=CN1CCCCC1. The van der Waals surface area contributed by atoms with E-state index in [0.29, 0.717) is 28.4 Å². The fraction of sp³-hybridized carbons (Fsp3) is 0.350. The minimum absolute atomic E-state index is 0.143. The third kappa shape index (κ3) is 4.47. The number of carbonyl (C=O) groups excluding carboxylic acids is 1. The van der Waals surface area contributed by atoms with E-state index in [1.54, 1.807) is 29.7 Å². The van der Waals surface area contributed by atoms with E-state index >= 15 is 0 Å². The Morgan fingerprint density at radius 2 is 2.11 bits per heavy atom. The molecule has 1 aliphatic rings. The molecule has 1 fully saturated rings. The Morgan fingerprint density at radius 1 is 1.37 bits per heavy atom. The Morgan fingerprint density at radius 3 is 2.85 bits per heavy atom. The first kappa shape index (κ1) is 18.9. The van der Waals surface area contributed by atoms with Crippen molar-refractivity contribution < 1.29 is 4.79 Å². The second-order valence-electron chi connectivity index (χ2n) is 6.64. The standard InChI is InChI=1S/C20H23N5OS/c1-24(12-16-8-4-3-7-15(16)11-21)20(26)19-18(17(22)13-27-19)23-14-25-9-5-2-6-10-25/h3-4,7-8,13-14H,2,5-6,9-10,12,22H2,1H3. The van der Waals surface area contributed by atoms with Gasteiger partial charge in [-0.05, 0) is 30.9 Å². The van der Waals surface area contributed by atoms with Crippen LogP contribution in [0.4, 0.5) is 11.4 Å². The lowest BCUT2D eigenvalue weighted by molar-refractivity contribution is 0.0790. The van der Waals surface area contributed by atoms with Crippen LogP contribution in [0.25, 0.3) is 0 Å². The average Bonchev–Trinajstić information content (AvgIpc) is 3.07. The van der Waals surface area contributed by atoms with Gasteiger partial charge in [0.25, 0.3) is 5.91 Å². The summed E-state index contributed by atoms with van der Waals surface area (Å²) in [6.07, 6.45) is 5.39. The first-order valence-electron chi connectivity index (χ1n) is 8.99. The molecule has 2 aromatic rings. The maximum Gasteiger partial charge on any atom is 0.266 e. The van der Waals surface area contributed by atoms with Gasteiger partial charge in [0.1, 0.15) is 10.6 Å². The first-order valence-corrected chi connectivity index (χ1v) is 9.86. The monoisotopic (exact) mass is 381 g/mol. The number of likely N-dealkylation sites (tertiary alicyclic amines) is 1. The molecule has 1 aliphatic heterocycles. The van der Waals surface area contributed by atoms with E-state index in [0.717, 1.165) is 31.5 Å². The van der Waals surface area contributed by atoms with Gasteiger partial charge in [0.15, 0.2) is 0 Å². The van der Waals surface area contributed by atoms with Gasteiger partial charge in [-0.2, -0.15) is 5.26 Å². The molecule has 3 rings (SSSR count). The zero-order chi connectivity index (χ0) is 19.2. The molecule has 0 aliphatic carbocycles. The van der Waals surface area contributed by atoms with E-state index in [1.165, 1.54) is 17.8 Å². The molecule has 2 heterocycles. The van der Waals surface area contributed by atoms with E-state index < -0.39 is 0 Å². The van der Waals surface area contributed by atoms with Gasteiger partial charge in [-0.1, -0.05) is 18.2 Å². The zero-order valence-electron chi connectivity index (χ0n) is 15.4. The molecule has 0 bridgehead atoms. The van der Waals surface area contributed by atoms with Gasteiger partial charge < -0.3 is 15.5 Å². The summed E-state index contributed by atoms with van der Waals surface area (Å²) in [6.45, 7) is 2.33. The van der Waals surface area contributed by atoms with Crippen molar-refractivity contribution in [2.45, 2.75) is 25.8 Å². The summed E-state index contributed by atoms with van der Waals surface area (Å²) >= 11 is 1.31. The number of amides is 1. The molecule has 0 spiro atoms. The fourth-order valence-corrected chi connectivity index (χ4v) is 3.99. The number of hydrogen-bond donors (Lipinski definition) is 1. The minimum atomic E-state index is -0.143. The van der Waals surface area contributed by atoms with Gasteiger partial charge in [-0.25, -0.2) is 4.99 Å². The van der Waals surface area contributed by atoms with Gasteiger partial charge in [-0.3, -0.25) is 4.79 Å². The van der Waals surface area contributed by atoms with Crippen LogP contribution in [0.5, 0.6) is 0 Å². The number of benzene rings is 1. The Labute approximate surface area is 163 Å². The topological polar surface area (TPSA) is 85.7 Å². The quantitative estimate of drug-likeness (QED) is 0.633. The summed E-state index contributed by atoms with van der Waals surface area (Å²) in [4.78, 5) is 21.8. The highest BCUT2D eigenvalue weighted by molar-refractivity contribution is 7.13. The Hall–Kier alpha value is -2.85. The number of piperidine rings is 1. The summed E-state index contributed by atoms with van der Waals surface area (Å²) in [6, 6.07) is 9.47. The molecule has 1 amide bonds. The van der Waals surface area contributed by atoms with Crippen molar-refractivity contribution in [2.75, 3.05) is 25.9 Å². The number of anilines is 1. The molecule has 0 saturated carbocycles. The predicted octanol–water partition coefficient (Wildman–Crippen LogP) is 3.62. The molecule has 0 unspecified atom stereocenters. The Bertz CT molecular complexity index is 877. The lowest BCUT2D eigenvalue weighted by atomic mass is 10.1. The highest BCUT2D eigenvalue weighted by atomic mass is 32.1. The molecule has 1 aromatic carbocycles. The first-order chi connectivity index (χ1) is 13.1. The number of nitrogens with zero attached hydrogens (tertiary/aromatic N) is 4. The third-order valence-electron chi connectivity index (χ3n) is 4.62. The van der Waals surface area contributed by atoms with Crippen LogP contribution < -0.4 is 5.73 Å². The van der Waals surface area contributed by atoms with Crippen molar-refractivity contribution in [1.82, 2.24) is 9.80 Å². The number of nitriles is 1. The van der Waals surface area contributed by atoms with Crippen LogP contribution in [-0.4, -0.2) is 42.2 Å². The molecule has 27 heavy (non-hydrogen) atoms. The van der Waals surface area contributed by atoms with Gasteiger partial charge in [0, 0.05) is 32.1 Å². The van der Waals surface area contributed by atoms with Crippen LogP contribution in [0.2, 0.25) is 0 Å². The van der Waals surface area contributed by atoms with Gasteiger partial charge in [0.2, 0.25) is 0 Å². The van der Waals surface area contributed by atoms with Crippen LogP contribution in [0.3, 0.4) is 0 Å². The van der Waals surface area contributed by atoms with E-state index in [9.17, 15) is 10.1 Å². The molecule has 1 aromatic heterocycles. The van der Waals surface area contributed by atoms with Crippen LogP contribution in [-0.2, 0) is 6.54 Å². The summed E-state index contributed by atoms with van der Waals surface area (Å²) in [5.41, 5.74) is 8.51. The van der Waals surface area contributed by atoms with E-state index in [4.69, 9.17) is 5.73 Å². The predicted molar refractivity (Wildman–Crippen MR) is 109 cm³/mol. The lowest BCUT2D eigenvalue weighted by Gasteiger charge is -2.23. The summed E-state index contributed by atoms with van der Waals surface area (Å²) < 4.78 is 0. The van der Waals surface area contributed by atoms with Gasteiger partial charge >= 0.3 is 0 Å². The second kappa shape index (κ2) is 8.69. The van der Waals surface area contributed by atoms with Crippen LogP contribution >= 0.6 is 11.3 Å². The van der Waals surface area contributed by atoms with Crippen molar-refractivity contribution in [3.63, 3.8) is 0 Å². The number of thiophene rings is 1. The highest BCUT2D eigenvalue weighted by Gasteiger charge is 2.21. The maximum absolute atomic E-state index is 12.9. The van der Waals surface area contributed by atoms with Crippen molar-refractivity contribution in [3.05, 3.63) is 45.6 Å². The summed E-state index contributed by atoms with van der Waals surface area (Å²) in [5.74, 6) is -0.143.